The van der Waals surface area contributed by atoms with Crippen LogP contribution in [0.2, 0.25) is 5.02 Å². The van der Waals surface area contributed by atoms with E-state index < -0.39 is 0 Å². The summed E-state index contributed by atoms with van der Waals surface area (Å²) in [6.45, 7) is 2.58. The number of imide groups is 1. The Morgan fingerprint density at radius 3 is 2.14 bits per heavy atom. The first-order chi connectivity index (χ1) is 20.3. The molecule has 210 valence electrons. The molecule has 0 radical (unpaired) electrons. The van der Waals surface area contributed by atoms with E-state index in [-0.39, 0.29) is 35.3 Å². The molecule has 0 spiro atoms. The third kappa shape index (κ3) is 4.59. The number of aromatic nitrogens is 1. The number of hydrogen-bond donors (Lipinski definition) is 0. The van der Waals surface area contributed by atoms with Crippen LogP contribution in [0, 0.1) is 6.92 Å². The summed E-state index contributed by atoms with van der Waals surface area (Å²) in [5.41, 5.74) is 4.00. The number of halogens is 1. The number of fused-ring (bicyclic) bond motifs is 2. The second-order valence-electron chi connectivity index (χ2n) is 9.96. The summed E-state index contributed by atoms with van der Waals surface area (Å²) in [5.74, 6) is 0.285. The van der Waals surface area contributed by atoms with E-state index >= 15 is 0 Å². The molecule has 42 heavy (non-hydrogen) atoms. The molecule has 0 bridgehead atoms. The van der Waals surface area contributed by atoms with Gasteiger partial charge in [-0.05, 0) is 60.5 Å². The molecule has 1 aliphatic heterocycles. The molecular formula is C33H26ClN2O6+. The summed E-state index contributed by atoms with van der Waals surface area (Å²) in [4.78, 5) is 40.3. The van der Waals surface area contributed by atoms with E-state index in [2.05, 4.69) is 0 Å². The number of benzene rings is 3. The Balaban J connectivity index is 1.34. The van der Waals surface area contributed by atoms with Gasteiger partial charge in [0.05, 0.1) is 42.3 Å². The first-order valence-corrected chi connectivity index (χ1v) is 13.6. The quantitative estimate of drug-likeness (QED) is 0.181. The molecule has 0 aliphatic carbocycles. The average Bonchev–Trinajstić information content (AvgIpc) is 3.25. The number of carbonyl (C=O) groups is 2. The maximum Gasteiger partial charge on any atom is 0.261 e. The molecule has 0 unspecified atom stereocenters. The van der Waals surface area contributed by atoms with Gasteiger partial charge in [0.25, 0.3) is 11.8 Å². The molecule has 0 saturated heterocycles. The van der Waals surface area contributed by atoms with E-state index in [0.29, 0.717) is 45.0 Å². The third-order valence-corrected chi connectivity index (χ3v) is 7.67. The summed E-state index contributed by atoms with van der Waals surface area (Å²) in [6, 6.07) is 19.5. The number of amides is 2. The predicted molar refractivity (Wildman–Crippen MR) is 158 cm³/mol. The van der Waals surface area contributed by atoms with Crippen LogP contribution in [0.25, 0.3) is 33.4 Å². The van der Waals surface area contributed by atoms with Gasteiger partial charge in [-0.15, -0.1) is 0 Å². The highest BCUT2D eigenvalue weighted by Gasteiger charge is 2.35. The first-order valence-electron chi connectivity index (χ1n) is 13.2. The van der Waals surface area contributed by atoms with E-state index in [9.17, 15) is 14.4 Å². The fourth-order valence-electron chi connectivity index (χ4n) is 5.27. The van der Waals surface area contributed by atoms with E-state index in [1.807, 2.05) is 42.1 Å². The van der Waals surface area contributed by atoms with Crippen molar-refractivity contribution in [2.75, 3.05) is 20.8 Å². The molecule has 5 aromatic rings. The van der Waals surface area contributed by atoms with Crippen molar-refractivity contribution in [3.05, 3.63) is 111 Å². The van der Waals surface area contributed by atoms with Crippen LogP contribution >= 0.6 is 11.6 Å². The minimum atomic E-state index is -0.294. The van der Waals surface area contributed by atoms with E-state index in [1.165, 1.54) is 19.1 Å². The zero-order chi connectivity index (χ0) is 29.5. The largest absolute Gasteiger partial charge is 0.495 e. The zero-order valence-electron chi connectivity index (χ0n) is 23.1. The van der Waals surface area contributed by atoms with Gasteiger partial charge in [0.2, 0.25) is 11.2 Å². The van der Waals surface area contributed by atoms with Crippen molar-refractivity contribution in [3.63, 3.8) is 0 Å². The van der Waals surface area contributed by atoms with E-state index in [1.54, 1.807) is 48.5 Å². The number of pyridine rings is 1. The van der Waals surface area contributed by atoms with Gasteiger partial charge in [0.15, 0.2) is 24.7 Å². The maximum atomic E-state index is 13.6. The topological polar surface area (TPSA) is 89.9 Å². The van der Waals surface area contributed by atoms with E-state index in [4.69, 9.17) is 25.5 Å². The molecule has 9 heteroatoms. The molecule has 2 aromatic heterocycles. The van der Waals surface area contributed by atoms with Gasteiger partial charge < -0.3 is 13.9 Å². The lowest BCUT2D eigenvalue weighted by Gasteiger charge is -2.14. The molecule has 0 fully saturated rings. The van der Waals surface area contributed by atoms with E-state index in [0.717, 1.165) is 16.7 Å². The molecule has 3 aromatic carbocycles. The summed E-state index contributed by atoms with van der Waals surface area (Å²) in [6.07, 6.45) is 3.74. The Morgan fingerprint density at radius 1 is 0.833 bits per heavy atom. The van der Waals surface area contributed by atoms with Gasteiger partial charge in [-0.1, -0.05) is 23.7 Å². The lowest BCUT2D eigenvalue weighted by Crippen LogP contribution is -2.42. The standard InChI is InChI=1S/C33H26ClN2O6/c1-19-16-24(20-10-12-35(13-11-20)14-15-36-32(38)22-6-4-5-7-23(22)33(36)39)30-25(17-19)28(37)31(41-3)29(42-30)21-8-9-27(40-2)26(34)18-21/h4-13,16-18H,14-15H2,1-3H3/q+1. The van der Waals surface area contributed by atoms with Gasteiger partial charge in [0, 0.05) is 23.3 Å². The SMILES string of the molecule is COc1ccc(-c2oc3c(-c4cc[n+](CCN5C(=O)c6ccccc6C5=O)cc4)cc(C)cc3c(=O)c2OC)cc1Cl. The number of carbonyl (C=O) groups excluding carboxylic acids is 2. The van der Waals surface area contributed by atoms with Crippen LogP contribution < -0.4 is 19.5 Å². The monoisotopic (exact) mass is 581 g/mol. The second kappa shape index (κ2) is 10.8. The maximum absolute atomic E-state index is 13.6. The molecule has 8 nitrogen and oxygen atoms in total. The van der Waals surface area contributed by atoms with Crippen molar-refractivity contribution >= 4 is 34.4 Å². The fraction of sp³-hybridized carbons (Fsp3) is 0.152. The van der Waals surface area contributed by atoms with Crippen LogP contribution in [0.4, 0.5) is 0 Å². The van der Waals surface area contributed by atoms with Gasteiger partial charge in [-0.3, -0.25) is 19.3 Å². The summed E-state index contributed by atoms with van der Waals surface area (Å²) < 4.78 is 19.1. The molecule has 1 aliphatic rings. The fourth-order valence-corrected chi connectivity index (χ4v) is 5.52. The van der Waals surface area contributed by atoms with Crippen LogP contribution in [0.15, 0.2) is 88.3 Å². The number of methoxy groups -OCH3 is 2. The summed E-state index contributed by atoms with van der Waals surface area (Å²) in [7, 11) is 2.96. The van der Waals surface area contributed by atoms with Gasteiger partial charge in [-0.2, -0.15) is 0 Å². The molecule has 0 N–H and O–H groups in total. The van der Waals surface area contributed by atoms with Gasteiger partial charge in [0.1, 0.15) is 11.3 Å². The Labute approximate surface area is 246 Å². The molecule has 6 rings (SSSR count). The normalized spacial score (nSPS) is 12.6. The van der Waals surface area contributed by atoms with Crippen LogP contribution in [0.1, 0.15) is 26.3 Å². The summed E-state index contributed by atoms with van der Waals surface area (Å²) >= 11 is 6.37. The van der Waals surface area contributed by atoms with Crippen molar-refractivity contribution < 1.29 is 28.0 Å². The number of nitrogens with zero attached hydrogens (tertiary/aromatic N) is 2. The Bertz CT molecular complexity index is 1910. The predicted octanol–water partition coefficient (Wildman–Crippen LogP) is 5.69. The minimum Gasteiger partial charge on any atom is -0.495 e. The Kier molecular flexibility index (Phi) is 7.00. The molecule has 2 amide bonds. The van der Waals surface area contributed by atoms with Crippen molar-refractivity contribution in [2.24, 2.45) is 0 Å². The van der Waals surface area contributed by atoms with Crippen molar-refractivity contribution in [1.82, 2.24) is 4.90 Å². The lowest BCUT2D eigenvalue weighted by atomic mass is 10.00. The van der Waals surface area contributed by atoms with Crippen LogP contribution in [0.5, 0.6) is 11.5 Å². The van der Waals surface area contributed by atoms with Crippen molar-refractivity contribution in [1.29, 1.82) is 0 Å². The molecule has 0 saturated carbocycles. The van der Waals surface area contributed by atoms with Crippen LogP contribution in [0.3, 0.4) is 0 Å². The van der Waals surface area contributed by atoms with Gasteiger partial charge >= 0.3 is 0 Å². The number of hydrogen-bond acceptors (Lipinski definition) is 6. The lowest BCUT2D eigenvalue weighted by molar-refractivity contribution is -0.695. The van der Waals surface area contributed by atoms with Crippen molar-refractivity contribution in [2.45, 2.75) is 13.5 Å². The average molecular weight is 582 g/mol. The highest BCUT2D eigenvalue weighted by molar-refractivity contribution is 6.32. The zero-order valence-corrected chi connectivity index (χ0v) is 23.9. The number of rotatable bonds is 7. The molecule has 3 heterocycles. The smallest absolute Gasteiger partial charge is 0.261 e. The third-order valence-electron chi connectivity index (χ3n) is 7.37. The van der Waals surface area contributed by atoms with Crippen LogP contribution in [-0.2, 0) is 6.54 Å². The highest BCUT2D eigenvalue weighted by atomic mass is 35.5. The second-order valence-corrected chi connectivity index (χ2v) is 10.4. The number of ether oxygens (including phenoxy) is 2. The number of aryl methyl sites for hydroxylation is 1. The molecule has 0 atom stereocenters. The molecular weight excluding hydrogens is 556 g/mol. The van der Waals surface area contributed by atoms with Crippen molar-refractivity contribution in [3.8, 4) is 33.9 Å². The first kappa shape index (κ1) is 27.2. The summed E-state index contributed by atoms with van der Waals surface area (Å²) in [5, 5.41) is 0.769. The Hall–Kier alpha value is -4.95. The Morgan fingerprint density at radius 2 is 1.52 bits per heavy atom. The van der Waals surface area contributed by atoms with Crippen LogP contribution in [-0.4, -0.2) is 37.5 Å². The minimum absolute atomic E-state index is 0.0827. The van der Waals surface area contributed by atoms with Gasteiger partial charge in [-0.25, -0.2) is 4.57 Å². The highest BCUT2D eigenvalue weighted by Crippen LogP contribution is 2.38.